The Hall–Kier alpha value is -0.980. The third kappa shape index (κ3) is 2.74. The van der Waals surface area contributed by atoms with Gasteiger partial charge < -0.3 is 5.73 Å². The minimum atomic E-state index is 0.139. The van der Waals surface area contributed by atoms with Gasteiger partial charge in [0, 0.05) is 5.69 Å². The fourth-order valence-corrected chi connectivity index (χ4v) is 1.96. The van der Waals surface area contributed by atoms with Crippen molar-refractivity contribution in [2.24, 2.45) is 0 Å². The first-order chi connectivity index (χ1) is 6.86. The largest absolute Gasteiger partial charge is 0.398 e. The maximum atomic E-state index is 6.07. The van der Waals surface area contributed by atoms with Crippen molar-refractivity contribution in [3.8, 4) is 0 Å². The summed E-state index contributed by atoms with van der Waals surface area (Å²) in [6.45, 7) is 11.0. The molecular weight excluding hydrogens is 182 g/mol. The highest BCUT2D eigenvalue weighted by Gasteiger charge is 2.18. The van der Waals surface area contributed by atoms with E-state index in [4.69, 9.17) is 5.73 Å². The molecule has 0 aliphatic carbocycles. The van der Waals surface area contributed by atoms with Crippen LogP contribution in [-0.4, -0.2) is 0 Å². The molecule has 0 bridgehead atoms. The highest BCUT2D eigenvalue weighted by Crippen LogP contribution is 2.30. The van der Waals surface area contributed by atoms with Gasteiger partial charge in [-0.15, -0.1) is 0 Å². The van der Waals surface area contributed by atoms with Gasteiger partial charge in [0.1, 0.15) is 0 Å². The molecule has 1 aromatic carbocycles. The highest BCUT2D eigenvalue weighted by atomic mass is 14.6. The van der Waals surface area contributed by atoms with Crippen LogP contribution in [0.25, 0.3) is 0 Å². The summed E-state index contributed by atoms with van der Waals surface area (Å²) in [6.07, 6.45) is 2.34. The molecular formula is C14H23N. The summed E-state index contributed by atoms with van der Waals surface area (Å²) in [4.78, 5) is 0. The zero-order chi connectivity index (χ0) is 11.6. The second-order valence-electron chi connectivity index (χ2n) is 5.37. The van der Waals surface area contributed by atoms with E-state index in [2.05, 4.69) is 46.8 Å². The molecule has 0 heterocycles. The van der Waals surface area contributed by atoms with Crippen LogP contribution in [0.3, 0.4) is 0 Å². The first-order valence-corrected chi connectivity index (χ1v) is 5.75. The number of hydrogen-bond acceptors (Lipinski definition) is 1. The molecule has 0 fully saturated rings. The summed E-state index contributed by atoms with van der Waals surface area (Å²) in [6, 6.07) is 4.40. The average molecular weight is 205 g/mol. The molecule has 15 heavy (non-hydrogen) atoms. The highest BCUT2D eigenvalue weighted by molar-refractivity contribution is 5.54. The van der Waals surface area contributed by atoms with Crippen molar-refractivity contribution in [2.45, 2.75) is 52.9 Å². The second kappa shape index (κ2) is 4.26. The summed E-state index contributed by atoms with van der Waals surface area (Å²) in [5, 5.41) is 0. The van der Waals surface area contributed by atoms with E-state index in [0.29, 0.717) is 0 Å². The quantitative estimate of drug-likeness (QED) is 0.730. The van der Waals surface area contributed by atoms with Gasteiger partial charge in [0.15, 0.2) is 0 Å². The average Bonchev–Trinajstić information content (AvgIpc) is 2.07. The van der Waals surface area contributed by atoms with Gasteiger partial charge in [-0.05, 0) is 41.5 Å². The molecule has 0 aromatic heterocycles. The fraction of sp³-hybridized carbons (Fsp3) is 0.571. The Morgan fingerprint density at radius 3 is 2.27 bits per heavy atom. The lowest BCUT2D eigenvalue weighted by molar-refractivity contribution is 0.591. The summed E-state index contributed by atoms with van der Waals surface area (Å²) in [5.74, 6) is 0. The van der Waals surface area contributed by atoms with Crippen molar-refractivity contribution in [2.75, 3.05) is 5.73 Å². The molecule has 0 spiro atoms. The number of benzene rings is 1. The second-order valence-corrected chi connectivity index (χ2v) is 5.37. The Labute approximate surface area is 93.7 Å². The van der Waals surface area contributed by atoms with E-state index in [1.807, 2.05) is 0 Å². The minimum Gasteiger partial charge on any atom is -0.398 e. The molecule has 1 rings (SSSR count). The van der Waals surface area contributed by atoms with E-state index in [9.17, 15) is 0 Å². The number of nitrogens with two attached hydrogens (primary N) is 1. The summed E-state index contributed by atoms with van der Waals surface area (Å²) in [7, 11) is 0. The maximum absolute atomic E-state index is 6.07. The maximum Gasteiger partial charge on any atom is 0.0354 e. The Balaban J connectivity index is 3.23. The van der Waals surface area contributed by atoms with Crippen molar-refractivity contribution in [1.29, 1.82) is 0 Å². The summed E-state index contributed by atoms with van der Waals surface area (Å²) >= 11 is 0. The van der Waals surface area contributed by atoms with Crippen molar-refractivity contribution in [1.82, 2.24) is 0 Å². The molecule has 0 unspecified atom stereocenters. The lowest BCUT2D eigenvalue weighted by Crippen LogP contribution is -2.15. The van der Waals surface area contributed by atoms with Gasteiger partial charge in [-0.2, -0.15) is 0 Å². The minimum absolute atomic E-state index is 0.139. The van der Waals surface area contributed by atoms with Crippen LogP contribution in [0.5, 0.6) is 0 Å². The standard InChI is InChI=1S/C14H23N/c1-6-7-11-9-12(14(3,4)5)13(15)8-10(11)2/h8-9H,6-7,15H2,1-5H3. The molecule has 1 nitrogen and oxygen atoms in total. The SMILES string of the molecule is CCCc1cc(C(C)(C)C)c(N)cc1C. The number of rotatable bonds is 2. The predicted molar refractivity (Wildman–Crippen MR) is 68.3 cm³/mol. The van der Waals surface area contributed by atoms with Crippen LogP contribution in [0.15, 0.2) is 12.1 Å². The van der Waals surface area contributed by atoms with E-state index in [1.165, 1.54) is 23.1 Å². The zero-order valence-electron chi connectivity index (χ0n) is 10.6. The number of anilines is 1. The smallest absolute Gasteiger partial charge is 0.0354 e. The Morgan fingerprint density at radius 2 is 1.80 bits per heavy atom. The van der Waals surface area contributed by atoms with Crippen LogP contribution in [0.2, 0.25) is 0 Å². The van der Waals surface area contributed by atoms with E-state index in [-0.39, 0.29) is 5.41 Å². The van der Waals surface area contributed by atoms with Gasteiger partial charge in [-0.25, -0.2) is 0 Å². The molecule has 0 amide bonds. The van der Waals surface area contributed by atoms with Gasteiger partial charge in [0.2, 0.25) is 0 Å². The molecule has 84 valence electrons. The van der Waals surface area contributed by atoms with Crippen LogP contribution in [0.4, 0.5) is 5.69 Å². The number of nitrogen functional groups attached to an aromatic ring is 1. The van der Waals surface area contributed by atoms with Gasteiger partial charge in [0.25, 0.3) is 0 Å². The zero-order valence-corrected chi connectivity index (χ0v) is 10.6. The van der Waals surface area contributed by atoms with Crippen LogP contribution < -0.4 is 5.73 Å². The fourth-order valence-electron chi connectivity index (χ4n) is 1.96. The van der Waals surface area contributed by atoms with Crippen molar-refractivity contribution in [3.63, 3.8) is 0 Å². The van der Waals surface area contributed by atoms with Crippen molar-refractivity contribution >= 4 is 5.69 Å². The Kier molecular flexibility index (Phi) is 3.43. The summed E-state index contributed by atoms with van der Waals surface area (Å²) < 4.78 is 0. The van der Waals surface area contributed by atoms with Gasteiger partial charge in [-0.3, -0.25) is 0 Å². The monoisotopic (exact) mass is 205 g/mol. The van der Waals surface area contributed by atoms with E-state index < -0.39 is 0 Å². The number of hydrogen-bond donors (Lipinski definition) is 1. The molecule has 0 aliphatic rings. The normalized spacial score (nSPS) is 11.8. The first-order valence-electron chi connectivity index (χ1n) is 5.75. The van der Waals surface area contributed by atoms with Crippen LogP contribution >= 0.6 is 0 Å². The molecule has 0 aliphatic heterocycles. The van der Waals surface area contributed by atoms with Gasteiger partial charge >= 0.3 is 0 Å². The van der Waals surface area contributed by atoms with Gasteiger partial charge in [-0.1, -0.05) is 40.2 Å². The number of aryl methyl sites for hydroxylation is 2. The lowest BCUT2D eigenvalue weighted by atomic mass is 9.83. The Bertz CT molecular complexity index is 345. The molecule has 0 atom stereocenters. The molecule has 2 N–H and O–H groups in total. The van der Waals surface area contributed by atoms with Gasteiger partial charge in [0.05, 0.1) is 0 Å². The molecule has 1 aromatic rings. The molecule has 0 saturated carbocycles. The van der Waals surface area contributed by atoms with E-state index >= 15 is 0 Å². The van der Waals surface area contributed by atoms with E-state index in [1.54, 1.807) is 0 Å². The van der Waals surface area contributed by atoms with E-state index in [0.717, 1.165) is 12.1 Å². The van der Waals surface area contributed by atoms with Crippen molar-refractivity contribution in [3.05, 3.63) is 28.8 Å². The molecule has 0 saturated heterocycles. The topological polar surface area (TPSA) is 26.0 Å². The molecule has 1 heteroatoms. The molecule has 0 radical (unpaired) electrons. The van der Waals surface area contributed by atoms with Crippen LogP contribution in [0, 0.1) is 6.92 Å². The first kappa shape index (κ1) is 12.1. The summed E-state index contributed by atoms with van der Waals surface area (Å²) in [5.41, 5.74) is 11.2. The third-order valence-corrected chi connectivity index (χ3v) is 2.84. The predicted octanol–water partition coefficient (Wildman–Crippen LogP) is 3.83. The van der Waals surface area contributed by atoms with Crippen molar-refractivity contribution < 1.29 is 0 Å². The lowest BCUT2D eigenvalue weighted by Gasteiger charge is -2.23. The van der Waals surface area contributed by atoms with Crippen LogP contribution in [-0.2, 0) is 11.8 Å². The van der Waals surface area contributed by atoms with Crippen LogP contribution in [0.1, 0.15) is 50.8 Å². The Morgan fingerprint density at radius 1 is 1.20 bits per heavy atom. The third-order valence-electron chi connectivity index (χ3n) is 2.84.